The molecule has 0 aliphatic carbocycles. The average Bonchev–Trinajstić information content (AvgIpc) is 2.51. The molecular weight excluding hydrogens is 415 g/mol. The molecule has 0 bridgehead atoms. The fourth-order valence-electron chi connectivity index (χ4n) is 2.10. The average molecular weight is 448 g/mol. The van der Waals surface area contributed by atoms with Crippen LogP contribution in [-0.4, -0.2) is 42.8 Å². The molecule has 0 aromatic heterocycles. The first kappa shape index (κ1) is 23.1. The van der Waals surface area contributed by atoms with E-state index in [1.807, 2.05) is 37.3 Å². The first-order valence-electron chi connectivity index (χ1n) is 8.42. The van der Waals surface area contributed by atoms with Crippen LogP contribution in [0, 0.1) is 0 Å². The standard InChI is InChI=1S/C18H32N4O.HI/c1-5-19-17(21-13-14-22-18(2,3)4)20-12-11-16(23)15-9-7-6-8-10-15;/h6-10,16,22-23H,5,11-14H2,1-4H3,(H2,19,20,21);1H. The molecule has 4 N–H and O–H groups in total. The summed E-state index contributed by atoms with van der Waals surface area (Å²) >= 11 is 0. The van der Waals surface area contributed by atoms with Crippen molar-refractivity contribution >= 4 is 29.9 Å². The summed E-state index contributed by atoms with van der Waals surface area (Å²) in [5, 5.41) is 20.1. The molecule has 0 fully saturated rings. The Morgan fingerprint density at radius 3 is 2.38 bits per heavy atom. The van der Waals surface area contributed by atoms with Gasteiger partial charge in [0.2, 0.25) is 0 Å². The smallest absolute Gasteiger partial charge is 0.191 e. The van der Waals surface area contributed by atoms with E-state index in [-0.39, 0.29) is 29.5 Å². The molecule has 0 aliphatic rings. The van der Waals surface area contributed by atoms with Crippen molar-refractivity contribution in [3.8, 4) is 0 Å². The predicted octanol–water partition coefficient (Wildman–Crippen LogP) is 2.67. The highest BCUT2D eigenvalue weighted by Crippen LogP contribution is 2.15. The van der Waals surface area contributed by atoms with Gasteiger partial charge in [-0.15, -0.1) is 24.0 Å². The van der Waals surface area contributed by atoms with Gasteiger partial charge in [0.1, 0.15) is 0 Å². The van der Waals surface area contributed by atoms with Gasteiger partial charge in [0.15, 0.2) is 5.96 Å². The van der Waals surface area contributed by atoms with Crippen LogP contribution in [0.25, 0.3) is 0 Å². The number of guanidine groups is 1. The third-order valence-corrected chi connectivity index (χ3v) is 3.27. The summed E-state index contributed by atoms with van der Waals surface area (Å²) in [4.78, 5) is 4.52. The molecule has 0 amide bonds. The number of halogens is 1. The molecule has 0 saturated heterocycles. The van der Waals surface area contributed by atoms with Gasteiger partial charge in [0, 0.05) is 31.7 Å². The number of aliphatic hydroxyl groups is 1. The van der Waals surface area contributed by atoms with Crippen molar-refractivity contribution in [3.63, 3.8) is 0 Å². The topological polar surface area (TPSA) is 68.7 Å². The van der Waals surface area contributed by atoms with Crippen LogP contribution in [0.2, 0.25) is 0 Å². The molecule has 5 nitrogen and oxygen atoms in total. The largest absolute Gasteiger partial charge is 0.388 e. The molecule has 0 radical (unpaired) electrons. The Hall–Kier alpha value is -0.860. The van der Waals surface area contributed by atoms with Gasteiger partial charge in [-0.05, 0) is 39.7 Å². The maximum atomic E-state index is 10.1. The van der Waals surface area contributed by atoms with Gasteiger partial charge >= 0.3 is 0 Å². The van der Waals surface area contributed by atoms with Gasteiger partial charge in [-0.25, -0.2) is 0 Å². The number of aliphatic imine (C=N–C) groups is 1. The molecule has 24 heavy (non-hydrogen) atoms. The second-order valence-corrected chi connectivity index (χ2v) is 6.58. The Morgan fingerprint density at radius 1 is 1.12 bits per heavy atom. The van der Waals surface area contributed by atoms with Gasteiger partial charge < -0.3 is 21.1 Å². The van der Waals surface area contributed by atoms with Crippen LogP contribution in [0.4, 0.5) is 0 Å². The number of benzene rings is 1. The van der Waals surface area contributed by atoms with Crippen LogP contribution in [0.5, 0.6) is 0 Å². The van der Waals surface area contributed by atoms with Gasteiger partial charge in [-0.2, -0.15) is 0 Å². The van der Waals surface area contributed by atoms with Crippen molar-refractivity contribution in [1.29, 1.82) is 0 Å². The number of hydrogen-bond donors (Lipinski definition) is 4. The van der Waals surface area contributed by atoms with E-state index in [1.54, 1.807) is 0 Å². The third-order valence-electron chi connectivity index (χ3n) is 3.27. The maximum absolute atomic E-state index is 10.1. The van der Waals surface area contributed by atoms with Gasteiger partial charge in [0.25, 0.3) is 0 Å². The van der Waals surface area contributed by atoms with Crippen molar-refractivity contribution in [2.24, 2.45) is 4.99 Å². The van der Waals surface area contributed by atoms with Crippen molar-refractivity contribution < 1.29 is 5.11 Å². The zero-order valence-corrected chi connectivity index (χ0v) is 17.6. The van der Waals surface area contributed by atoms with Crippen LogP contribution >= 0.6 is 24.0 Å². The third kappa shape index (κ3) is 10.8. The monoisotopic (exact) mass is 448 g/mol. The number of hydrogen-bond acceptors (Lipinski definition) is 3. The van der Waals surface area contributed by atoms with Gasteiger partial charge in [0.05, 0.1) is 6.10 Å². The quantitative estimate of drug-likeness (QED) is 0.214. The van der Waals surface area contributed by atoms with Crippen LogP contribution in [0.1, 0.15) is 45.8 Å². The van der Waals surface area contributed by atoms with E-state index in [2.05, 4.69) is 41.7 Å². The Labute approximate surface area is 163 Å². The lowest BCUT2D eigenvalue weighted by molar-refractivity contribution is 0.170. The fraction of sp³-hybridized carbons (Fsp3) is 0.611. The SMILES string of the molecule is CCNC(=NCCC(O)c1ccccc1)NCCNC(C)(C)C.I. The maximum Gasteiger partial charge on any atom is 0.191 e. The molecule has 1 aromatic carbocycles. The summed E-state index contributed by atoms with van der Waals surface area (Å²) in [6, 6.07) is 9.71. The van der Waals surface area contributed by atoms with E-state index in [0.29, 0.717) is 13.0 Å². The highest BCUT2D eigenvalue weighted by molar-refractivity contribution is 14.0. The summed E-state index contributed by atoms with van der Waals surface area (Å²) in [5.74, 6) is 0.795. The molecule has 1 unspecified atom stereocenters. The van der Waals surface area contributed by atoms with E-state index in [0.717, 1.165) is 31.2 Å². The van der Waals surface area contributed by atoms with E-state index in [1.165, 1.54) is 0 Å². The molecule has 6 heteroatoms. The lowest BCUT2D eigenvalue weighted by Gasteiger charge is -2.21. The normalized spacial score (nSPS) is 13.1. The predicted molar refractivity (Wildman–Crippen MR) is 113 cm³/mol. The molecule has 0 heterocycles. The molecule has 1 rings (SSSR count). The summed E-state index contributed by atoms with van der Waals surface area (Å²) in [5.41, 5.74) is 1.06. The van der Waals surface area contributed by atoms with Crippen molar-refractivity contribution in [2.75, 3.05) is 26.2 Å². The minimum atomic E-state index is -0.467. The lowest BCUT2D eigenvalue weighted by Crippen LogP contribution is -2.44. The summed E-state index contributed by atoms with van der Waals surface area (Å²) in [7, 11) is 0. The Morgan fingerprint density at radius 2 is 1.79 bits per heavy atom. The minimum Gasteiger partial charge on any atom is -0.388 e. The molecule has 1 atom stereocenters. The Bertz CT molecular complexity index is 460. The van der Waals surface area contributed by atoms with E-state index in [4.69, 9.17) is 0 Å². The highest BCUT2D eigenvalue weighted by atomic mass is 127. The van der Waals surface area contributed by atoms with E-state index >= 15 is 0 Å². The Kier molecular flexibility index (Phi) is 12.0. The Balaban J connectivity index is 0.00000529. The minimum absolute atomic E-state index is 0. The van der Waals surface area contributed by atoms with Crippen molar-refractivity contribution in [3.05, 3.63) is 35.9 Å². The second-order valence-electron chi connectivity index (χ2n) is 6.58. The van der Waals surface area contributed by atoms with E-state index in [9.17, 15) is 5.11 Å². The van der Waals surface area contributed by atoms with Crippen LogP contribution in [0.3, 0.4) is 0 Å². The molecule has 0 spiro atoms. The molecule has 138 valence electrons. The second kappa shape index (κ2) is 12.5. The number of nitrogens with one attached hydrogen (secondary N) is 3. The highest BCUT2D eigenvalue weighted by Gasteiger charge is 2.08. The van der Waals surface area contributed by atoms with E-state index < -0.39 is 6.10 Å². The van der Waals surface area contributed by atoms with Crippen molar-refractivity contribution in [1.82, 2.24) is 16.0 Å². The van der Waals surface area contributed by atoms with Gasteiger partial charge in [-0.3, -0.25) is 4.99 Å². The summed E-state index contributed by atoms with van der Waals surface area (Å²) in [6.45, 7) is 11.6. The summed E-state index contributed by atoms with van der Waals surface area (Å²) in [6.07, 6.45) is 0.145. The fourth-order valence-corrected chi connectivity index (χ4v) is 2.10. The number of rotatable bonds is 8. The first-order chi connectivity index (χ1) is 10.9. The van der Waals surface area contributed by atoms with Crippen LogP contribution < -0.4 is 16.0 Å². The number of aliphatic hydroxyl groups excluding tert-OH is 1. The number of nitrogens with zero attached hydrogens (tertiary/aromatic N) is 1. The lowest BCUT2D eigenvalue weighted by atomic mass is 10.1. The van der Waals surface area contributed by atoms with Crippen LogP contribution in [-0.2, 0) is 0 Å². The molecule has 1 aromatic rings. The summed E-state index contributed by atoms with van der Waals surface area (Å²) < 4.78 is 0. The van der Waals surface area contributed by atoms with Crippen LogP contribution in [0.15, 0.2) is 35.3 Å². The zero-order chi connectivity index (χ0) is 17.1. The first-order valence-corrected chi connectivity index (χ1v) is 8.42. The van der Waals surface area contributed by atoms with Crippen molar-refractivity contribution in [2.45, 2.75) is 45.8 Å². The zero-order valence-electron chi connectivity index (χ0n) is 15.3. The van der Waals surface area contributed by atoms with Gasteiger partial charge in [-0.1, -0.05) is 30.3 Å². The molecular formula is C18H33IN4O. The molecule has 0 saturated carbocycles. The molecule has 0 aliphatic heterocycles.